The van der Waals surface area contributed by atoms with E-state index in [0.29, 0.717) is 15.1 Å². The standard InChI is InChI=1S/C19H17ClN2OS/c1-3-13-4-10-16(11-5-13)21-19-22-18(23)17(24-19)12(2)14-6-8-15(20)9-7-14/h4-11H,3H2,1-2H3,(H,21,22,23)/b17-12-. The van der Waals surface area contributed by atoms with Gasteiger partial charge < -0.3 is 5.32 Å². The zero-order valence-corrected chi connectivity index (χ0v) is 15.0. The summed E-state index contributed by atoms with van der Waals surface area (Å²) in [5.74, 6) is -0.114. The third kappa shape index (κ3) is 3.71. The number of carbonyl (C=O) groups excluding carboxylic acids is 1. The number of thioether (sulfide) groups is 1. The molecule has 1 amide bonds. The highest BCUT2D eigenvalue weighted by molar-refractivity contribution is 8.18. The van der Waals surface area contributed by atoms with Crippen molar-refractivity contribution in [2.45, 2.75) is 20.3 Å². The Morgan fingerprint density at radius 2 is 1.79 bits per heavy atom. The quantitative estimate of drug-likeness (QED) is 0.769. The number of carbonyl (C=O) groups is 1. The number of aliphatic imine (C=N–C) groups is 1. The van der Waals surface area contributed by atoms with E-state index in [1.54, 1.807) is 0 Å². The minimum atomic E-state index is -0.114. The molecule has 0 bridgehead atoms. The maximum absolute atomic E-state index is 12.3. The maximum Gasteiger partial charge on any atom is 0.264 e. The largest absolute Gasteiger partial charge is 0.300 e. The molecule has 0 atom stereocenters. The van der Waals surface area contributed by atoms with Gasteiger partial charge in [-0.2, -0.15) is 0 Å². The minimum Gasteiger partial charge on any atom is -0.300 e. The number of nitrogens with zero attached hydrogens (tertiary/aromatic N) is 1. The molecule has 0 aliphatic carbocycles. The highest BCUT2D eigenvalue weighted by Crippen LogP contribution is 2.33. The second-order valence-electron chi connectivity index (χ2n) is 5.45. The van der Waals surface area contributed by atoms with Crippen molar-refractivity contribution in [3.05, 3.63) is 69.6 Å². The van der Waals surface area contributed by atoms with Crippen molar-refractivity contribution < 1.29 is 4.79 Å². The molecule has 3 rings (SSSR count). The fraction of sp³-hybridized carbons (Fsp3) is 0.158. The first-order valence-electron chi connectivity index (χ1n) is 7.70. The maximum atomic E-state index is 12.3. The molecule has 1 N–H and O–H groups in total. The Balaban J connectivity index is 1.85. The summed E-state index contributed by atoms with van der Waals surface area (Å²) < 4.78 is 0. The summed E-state index contributed by atoms with van der Waals surface area (Å²) in [6.07, 6.45) is 0.996. The number of rotatable bonds is 3. The number of amidine groups is 1. The van der Waals surface area contributed by atoms with Crippen molar-refractivity contribution in [1.29, 1.82) is 0 Å². The fourth-order valence-electron chi connectivity index (χ4n) is 2.37. The Labute approximate surface area is 150 Å². The normalized spacial score (nSPS) is 18.0. The molecule has 5 heteroatoms. The van der Waals surface area contributed by atoms with Crippen molar-refractivity contribution in [3.8, 4) is 0 Å². The van der Waals surface area contributed by atoms with Crippen LogP contribution in [0.2, 0.25) is 5.02 Å². The fourth-order valence-corrected chi connectivity index (χ4v) is 3.40. The topological polar surface area (TPSA) is 41.5 Å². The van der Waals surface area contributed by atoms with Crippen LogP contribution < -0.4 is 5.32 Å². The minimum absolute atomic E-state index is 0.114. The Morgan fingerprint density at radius 3 is 2.42 bits per heavy atom. The number of aryl methyl sites for hydroxylation is 1. The number of nitrogens with one attached hydrogen (secondary N) is 1. The van der Waals surface area contributed by atoms with Crippen LogP contribution in [-0.2, 0) is 11.2 Å². The van der Waals surface area contributed by atoms with Gasteiger partial charge in [-0.15, -0.1) is 0 Å². The molecule has 0 radical (unpaired) electrons. The van der Waals surface area contributed by atoms with Gasteiger partial charge in [-0.1, -0.05) is 42.8 Å². The predicted molar refractivity (Wildman–Crippen MR) is 103 cm³/mol. The lowest BCUT2D eigenvalue weighted by atomic mass is 10.1. The monoisotopic (exact) mass is 356 g/mol. The molecule has 2 aromatic rings. The molecule has 24 heavy (non-hydrogen) atoms. The lowest BCUT2D eigenvalue weighted by molar-refractivity contribution is -0.115. The lowest BCUT2D eigenvalue weighted by Gasteiger charge is -2.03. The van der Waals surface area contributed by atoms with E-state index >= 15 is 0 Å². The number of amides is 1. The molecule has 1 aliphatic rings. The molecule has 0 unspecified atom stereocenters. The number of hydrogen-bond donors (Lipinski definition) is 1. The van der Waals surface area contributed by atoms with Crippen LogP contribution in [0.1, 0.15) is 25.0 Å². The second-order valence-corrected chi connectivity index (χ2v) is 6.89. The van der Waals surface area contributed by atoms with Gasteiger partial charge in [0.05, 0.1) is 10.6 Å². The van der Waals surface area contributed by atoms with Gasteiger partial charge in [0.2, 0.25) is 0 Å². The van der Waals surface area contributed by atoms with Gasteiger partial charge in [0.15, 0.2) is 5.17 Å². The molecule has 2 aromatic carbocycles. The van der Waals surface area contributed by atoms with Gasteiger partial charge in [0.25, 0.3) is 5.91 Å². The van der Waals surface area contributed by atoms with Gasteiger partial charge >= 0.3 is 0 Å². The van der Waals surface area contributed by atoms with Crippen LogP contribution in [0.25, 0.3) is 5.57 Å². The SMILES string of the molecule is CCc1ccc(N=C2NC(=O)/C(=C(\C)c3ccc(Cl)cc3)S2)cc1. The van der Waals surface area contributed by atoms with Gasteiger partial charge in [-0.25, -0.2) is 4.99 Å². The van der Waals surface area contributed by atoms with Crippen LogP contribution in [0.4, 0.5) is 5.69 Å². The Morgan fingerprint density at radius 1 is 1.12 bits per heavy atom. The molecule has 0 aromatic heterocycles. The van der Waals surface area contributed by atoms with E-state index in [1.807, 2.05) is 43.3 Å². The second kappa shape index (κ2) is 7.24. The summed E-state index contributed by atoms with van der Waals surface area (Å²) in [5, 5.41) is 4.12. The van der Waals surface area contributed by atoms with Crippen molar-refractivity contribution in [3.63, 3.8) is 0 Å². The molecule has 1 saturated heterocycles. The van der Waals surface area contributed by atoms with Crippen molar-refractivity contribution in [2.24, 2.45) is 4.99 Å². The Hall–Kier alpha value is -2.04. The summed E-state index contributed by atoms with van der Waals surface area (Å²) in [4.78, 5) is 17.4. The summed E-state index contributed by atoms with van der Waals surface area (Å²) >= 11 is 7.29. The predicted octanol–water partition coefficient (Wildman–Crippen LogP) is 5.18. The van der Waals surface area contributed by atoms with Gasteiger partial charge in [0.1, 0.15) is 0 Å². The average molecular weight is 357 g/mol. The molecule has 1 heterocycles. The van der Waals surface area contributed by atoms with Crippen LogP contribution in [0.15, 0.2) is 58.4 Å². The molecule has 3 nitrogen and oxygen atoms in total. The smallest absolute Gasteiger partial charge is 0.264 e. The third-order valence-corrected chi connectivity index (χ3v) is 5.15. The molecular formula is C19H17ClN2OS. The summed E-state index contributed by atoms with van der Waals surface area (Å²) in [6.45, 7) is 4.05. The van der Waals surface area contributed by atoms with E-state index in [2.05, 4.69) is 29.4 Å². The molecule has 0 saturated carbocycles. The lowest BCUT2D eigenvalue weighted by Crippen LogP contribution is -2.19. The first kappa shape index (κ1) is 16.8. The van der Waals surface area contributed by atoms with Gasteiger partial charge in [0, 0.05) is 5.02 Å². The van der Waals surface area contributed by atoms with E-state index in [9.17, 15) is 4.79 Å². The highest BCUT2D eigenvalue weighted by atomic mass is 35.5. The molecule has 122 valence electrons. The zero-order valence-electron chi connectivity index (χ0n) is 13.5. The summed E-state index contributed by atoms with van der Waals surface area (Å²) in [6, 6.07) is 15.5. The van der Waals surface area contributed by atoms with Crippen LogP contribution in [-0.4, -0.2) is 11.1 Å². The molecule has 1 fully saturated rings. The first-order valence-corrected chi connectivity index (χ1v) is 8.90. The van der Waals surface area contributed by atoms with E-state index in [0.717, 1.165) is 23.2 Å². The van der Waals surface area contributed by atoms with Crippen LogP contribution in [0, 0.1) is 0 Å². The van der Waals surface area contributed by atoms with Gasteiger partial charge in [-0.3, -0.25) is 4.79 Å². The number of halogens is 1. The van der Waals surface area contributed by atoms with Crippen LogP contribution in [0.5, 0.6) is 0 Å². The number of allylic oxidation sites excluding steroid dienone is 1. The highest BCUT2D eigenvalue weighted by Gasteiger charge is 2.26. The number of benzene rings is 2. The Bertz CT molecular complexity index is 823. The van der Waals surface area contributed by atoms with E-state index in [1.165, 1.54) is 17.3 Å². The Kier molecular flexibility index (Phi) is 5.07. The summed E-state index contributed by atoms with van der Waals surface area (Å²) in [7, 11) is 0. The molecule has 1 aliphatic heterocycles. The van der Waals surface area contributed by atoms with Gasteiger partial charge in [-0.05, 0) is 66.1 Å². The summed E-state index contributed by atoms with van der Waals surface area (Å²) in [5.41, 5.74) is 3.99. The van der Waals surface area contributed by atoms with E-state index in [4.69, 9.17) is 11.6 Å². The molecule has 0 spiro atoms. The van der Waals surface area contributed by atoms with E-state index in [-0.39, 0.29) is 5.91 Å². The third-order valence-electron chi connectivity index (χ3n) is 3.82. The van der Waals surface area contributed by atoms with Crippen LogP contribution >= 0.6 is 23.4 Å². The zero-order chi connectivity index (χ0) is 17.1. The molecular weight excluding hydrogens is 340 g/mol. The first-order chi connectivity index (χ1) is 11.6. The van der Waals surface area contributed by atoms with Crippen molar-refractivity contribution in [2.75, 3.05) is 0 Å². The average Bonchev–Trinajstić information content (AvgIpc) is 2.96. The van der Waals surface area contributed by atoms with Crippen molar-refractivity contribution in [1.82, 2.24) is 5.32 Å². The van der Waals surface area contributed by atoms with Crippen molar-refractivity contribution >= 4 is 45.7 Å². The van der Waals surface area contributed by atoms with Crippen LogP contribution in [0.3, 0.4) is 0 Å². The number of hydrogen-bond acceptors (Lipinski definition) is 3. The van der Waals surface area contributed by atoms with E-state index < -0.39 is 0 Å².